The fourth-order valence-corrected chi connectivity index (χ4v) is 5.34. The SMILES string of the molecule is CCCS(=O)(=O)N1CCC[C@H](c2nc3c(nnn3Cc3ccc(F)cc3)c(=O)[nH]2)C1. The molecule has 1 atom stereocenters. The molecule has 0 amide bonds. The first-order chi connectivity index (χ1) is 14.4. The van der Waals surface area contributed by atoms with E-state index in [2.05, 4.69) is 20.3 Å². The summed E-state index contributed by atoms with van der Waals surface area (Å²) in [5, 5.41) is 7.95. The molecule has 9 nitrogen and oxygen atoms in total. The number of hydrogen-bond donors (Lipinski definition) is 1. The van der Waals surface area contributed by atoms with Crippen molar-refractivity contribution in [1.29, 1.82) is 0 Å². The number of rotatable bonds is 6. The molecule has 1 aromatic carbocycles. The van der Waals surface area contributed by atoms with Gasteiger partial charge < -0.3 is 4.98 Å². The Morgan fingerprint density at radius 1 is 1.27 bits per heavy atom. The number of hydrogen-bond acceptors (Lipinski definition) is 6. The molecule has 1 saturated heterocycles. The maximum Gasteiger partial charge on any atom is 0.281 e. The molecule has 0 spiro atoms. The standard InChI is InChI=1S/C19H23FN6O3S/c1-2-10-30(28,29)25-9-3-4-14(12-25)17-21-18-16(19(27)22-17)23-24-26(18)11-13-5-7-15(20)8-6-13/h5-8,14H,2-4,9-12H2,1H3,(H,21,22,27)/t14-/m0/s1. The lowest BCUT2D eigenvalue weighted by molar-refractivity contribution is 0.309. The second-order valence-electron chi connectivity index (χ2n) is 7.51. The zero-order valence-electron chi connectivity index (χ0n) is 16.6. The first kappa shape index (κ1) is 20.6. The topological polar surface area (TPSA) is 114 Å². The maximum atomic E-state index is 13.2. The van der Waals surface area contributed by atoms with Gasteiger partial charge in [-0.05, 0) is 37.0 Å². The van der Waals surface area contributed by atoms with E-state index >= 15 is 0 Å². The molecule has 3 aromatic rings. The third kappa shape index (κ3) is 4.12. The Morgan fingerprint density at radius 3 is 2.77 bits per heavy atom. The number of benzene rings is 1. The summed E-state index contributed by atoms with van der Waals surface area (Å²) in [7, 11) is -3.32. The number of aromatic amines is 1. The van der Waals surface area contributed by atoms with E-state index in [1.54, 1.807) is 12.1 Å². The number of nitrogens with one attached hydrogen (secondary N) is 1. The molecule has 1 N–H and O–H groups in total. The molecule has 3 heterocycles. The van der Waals surface area contributed by atoms with E-state index in [0.29, 0.717) is 30.9 Å². The Labute approximate surface area is 173 Å². The smallest absolute Gasteiger partial charge is 0.281 e. The molecule has 4 rings (SSSR count). The first-order valence-electron chi connectivity index (χ1n) is 9.93. The van der Waals surface area contributed by atoms with Crippen molar-refractivity contribution in [3.63, 3.8) is 0 Å². The number of halogens is 1. The third-order valence-electron chi connectivity index (χ3n) is 5.26. The number of fused-ring (bicyclic) bond motifs is 1. The molecule has 1 aliphatic rings. The van der Waals surface area contributed by atoms with Crippen molar-refractivity contribution in [2.75, 3.05) is 18.8 Å². The van der Waals surface area contributed by atoms with Crippen LogP contribution in [0.15, 0.2) is 29.1 Å². The van der Waals surface area contributed by atoms with Gasteiger partial charge in [0.25, 0.3) is 5.56 Å². The van der Waals surface area contributed by atoms with E-state index in [-0.39, 0.29) is 36.1 Å². The van der Waals surface area contributed by atoms with Crippen LogP contribution in [-0.2, 0) is 16.6 Å². The lowest BCUT2D eigenvalue weighted by atomic mass is 9.99. The van der Waals surface area contributed by atoms with Crippen molar-refractivity contribution in [2.45, 2.75) is 38.6 Å². The van der Waals surface area contributed by atoms with E-state index in [1.165, 1.54) is 21.1 Å². The Bertz CT molecular complexity index is 1210. The van der Waals surface area contributed by atoms with Gasteiger partial charge in [0.2, 0.25) is 10.0 Å². The summed E-state index contributed by atoms with van der Waals surface area (Å²) in [4.78, 5) is 19.9. The van der Waals surface area contributed by atoms with Gasteiger partial charge in [-0.1, -0.05) is 24.3 Å². The molecule has 160 valence electrons. The number of H-pyrrole nitrogens is 1. The highest BCUT2D eigenvalue weighted by Crippen LogP contribution is 2.26. The third-order valence-corrected chi connectivity index (χ3v) is 7.31. The van der Waals surface area contributed by atoms with E-state index in [4.69, 9.17) is 0 Å². The van der Waals surface area contributed by atoms with Gasteiger partial charge in [0.05, 0.1) is 12.3 Å². The monoisotopic (exact) mass is 434 g/mol. The number of piperidine rings is 1. The first-order valence-corrected chi connectivity index (χ1v) is 11.5. The highest BCUT2D eigenvalue weighted by Gasteiger charge is 2.30. The average molecular weight is 434 g/mol. The predicted molar refractivity (Wildman–Crippen MR) is 109 cm³/mol. The van der Waals surface area contributed by atoms with E-state index in [1.807, 2.05) is 6.92 Å². The Hall–Kier alpha value is -2.66. The second-order valence-corrected chi connectivity index (χ2v) is 9.60. The minimum Gasteiger partial charge on any atom is -0.308 e. The fraction of sp³-hybridized carbons (Fsp3) is 0.474. The summed E-state index contributed by atoms with van der Waals surface area (Å²) in [6, 6.07) is 5.98. The molecular weight excluding hydrogens is 411 g/mol. The van der Waals surface area contributed by atoms with Gasteiger partial charge in [-0.25, -0.2) is 26.8 Å². The molecule has 0 bridgehead atoms. The molecular formula is C19H23FN6O3S. The van der Waals surface area contributed by atoms with Crippen molar-refractivity contribution in [2.24, 2.45) is 0 Å². The van der Waals surface area contributed by atoms with Crippen LogP contribution < -0.4 is 5.56 Å². The van der Waals surface area contributed by atoms with Crippen LogP contribution in [0.3, 0.4) is 0 Å². The average Bonchev–Trinajstić information content (AvgIpc) is 3.13. The highest BCUT2D eigenvalue weighted by molar-refractivity contribution is 7.89. The minimum atomic E-state index is -3.32. The molecule has 1 fully saturated rings. The van der Waals surface area contributed by atoms with Gasteiger partial charge in [0, 0.05) is 19.0 Å². The van der Waals surface area contributed by atoms with Gasteiger partial charge >= 0.3 is 0 Å². The zero-order valence-corrected chi connectivity index (χ0v) is 17.4. The van der Waals surface area contributed by atoms with Crippen LogP contribution in [0.5, 0.6) is 0 Å². The number of nitrogens with zero attached hydrogens (tertiary/aromatic N) is 5. The van der Waals surface area contributed by atoms with Crippen molar-refractivity contribution in [3.05, 3.63) is 51.8 Å². The Kier molecular flexibility index (Phi) is 5.65. The quantitative estimate of drug-likeness (QED) is 0.631. The molecule has 0 radical (unpaired) electrons. The molecule has 1 aliphatic heterocycles. The predicted octanol–water partition coefficient (Wildman–Crippen LogP) is 1.62. The summed E-state index contributed by atoms with van der Waals surface area (Å²) in [5.74, 6) is -0.000932. The van der Waals surface area contributed by atoms with Crippen molar-refractivity contribution < 1.29 is 12.8 Å². The van der Waals surface area contributed by atoms with E-state index in [0.717, 1.165) is 12.0 Å². The molecule has 0 unspecified atom stereocenters. The van der Waals surface area contributed by atoms with E-state index < -0.39 is 15.6 Å². The lowest BCUT2D eigenvalue weighted by Gasteiger charge is -2.31. The summed E-state index contributed by atoms with van der Waals surface area (Å²) in [6.45, 7) is 2.89. The van der Waals surface area contributed by atoms with Crippen molar-refractivity contribution in [3.8, 4) is 0 Å². The largest absolute Gasteiger partial charge is 0.308 e. The van der Waals surface area contributed by atoms with Crippen LogP contribution in [0.1, 0.15) is 43.5 Å². The minimum absolute atomic E-state index is 0.108. The van der Waals surface area contributed by atoms with Crippen LogP contribution >= 0.6 is 0 Å². The molecule has 11 heteroatoms. The van der Waals surface area contributed by atoms with E-state index in [9.17, 15) is 17.6 Å². The number of aromatic nitrogens is 5. The zero-order chi connectivity index (χ0) is 21.3. The van der Waals surface area contributed by atoms with Crippen molar-refractivity contribution >= 4 is 21.2 Å². The van der Waals surface area contributed by atoms with Crippen LogP contribution in [0, 0.1) is 5.82 Å². The van der Waals surface area contributed by atoms with Gasteiger partial charge in [-0.2, -0.15) is 0 Å². The molecule has 30 heavy (non-hydrogen) atoms. The lowest BCUT2D eigenvalue weighted by Crippen LogP contribution is -2.41. The maximum absolute atomic E-state index is 13.2. The van der Waals surface area contributed by atoms with Gasteiger partial charge in [0.15, 0.2) is 11.2 Å². The Morgan fingerprint density at radius 2 is 2.03 bits per heavy atom. The summed E-state index contributed by atoms with van der Waals surface area (Å²) >= 11 is 0. The summed E-state index contributed by atoms with van der Waals surface area (Å²) < 4.78 is 41.1. The van der Waals surface area contributed by atoms with Crippen LogP contribution in [0.2, 0.25) is 0 Å². The number of sulfonamides is 1. The highest BCUT2D eigenvalue weighted by atomic mass is 32.2. The fourth-order valence-electron chi connectivity index (χ4n) is 3.75. The molecule has 0 saturated carbocycles. The van der Waals surface area contributed by atoms with Crippen LogP contribution in [0.4, 0.5) is 4.39 Å². The summed E-state index contributed by atoms with van der Waals surface area (Å²) in [5.41, 5.74) is 0.828. The van der Waals surface area contributed by atoms with Crippen LogP contribution in [0.25, 0.3) is 11.2 Å². The Balaban J connectivity index is 1.65. The molecule has 2 aromatic heterocycles. The molecule has 0 aliphatic carbocycles. The van der Waals surface area contributed by atoms with Gasteiger partial charge in [0.1, 0.15) is 11.6 Å². The normalized spacial score (nSPS) is 18.1. The summed E-state index contributed by atoms with van der Waals surface area (Å²) in [6.07, 6.45) is 1.98. The second kappa shape index (κ2) is 8.23. The van der Waals surface area contributed by atoms with Gasteiger partial charge in [-0.15, -0.1) is 5.10 Å². The van der Waals surface area contributed by atoms with Crippen LogP contribution in [-0.4, -0.2) is 56.5 Å². The van der Waals surface area contributed by atoms with Crippen molar-refractivity contribution in [1.82, 2.24) is 29.3 Å². The van der Waals surface area contributed by atoms with Gasteiger partial charge in [-0.3, -0.25) is 4.79 Å².